The summed E-state index contributed by atoms with van der Waals surface area (Å²) in [5.41, 5.74) is 2.41. The highest BCUT2D eigenvalue weighted by Crippen LogP contribution is 2.36. The Balaban J connectivity index is 2.12. The second-order valence-electron chi connectivity index (χ2n) is 4.21. The second-order valence-corrected chi connectivity index (χ2v) is 4.21. The number of aliphatic imine (C=N–C) groups is 2. The Morgan fingerprint density at radius 2 is 2.24 bits per heavy atom. The number of fused-ring (bicyclic) bond motifs is 2. The first-order valence-corrected chi connectivity index (χ1v) is 5.83. The van der Waals surface area contributed by atoms with Crippen LogP contribution in [0.1, 0.15) is 12.5 Å². The van der Waals surface area contributed by atoms with Gasteiger partial charge in [-0.3, -0.25) is 4.99 Å². The summed E-state index contributed by atoms with van der Waals surface area (Å²) in [6.07, 6.45) is 5.73. The molecule has 0 spiro atoms. The van der Waals surface area contributed by atoms with Crippen molar-refractivity contribution < 1.29 is 4.74 Å². The second kappa shape index (κ2) is 4.17. The number of benzene rings is 1. The number of hydrogen-bond acceptors (Lipinski definition) is 3. The fourth-order valence-electron chi connectivity index (χ4n) is 2.42. The lowest BCUT2D eigenvalue weighted by atomic mass is 9.88. The lowest BCUT2D eigenvalue weighted by Crippen LogP contribution is -2.27. The van der Waals surface area contributed by atoms with E-state index >= 15 is 0 Å². The van der Waals surface area contributed by atoms with Gasteiger partial charge in [0.25, 0.3) is 0 Å². The van der Waals surface area contributed by atoms with E-state index < -0.39 is 0 Å². The quantitative estimate of drug-likeness (QED) is 0.669. The molecule has 1 aromatic carbocycles. The van der Waals surface area contributed by atoms with Gasteiger partial charge in [-0.1, -0.05) is 24.3 Å². The Labute approximate surface area is 101 Å². The Kier molecular flexibility index (Phi) is 2.52. The third-order valence-corrected chi connectivity index (χ3v) is 3.26. The van der Waals surface area contributed by atoms with Crippen LogP contribution in [0.2, 0.25) is 0 Å². The standard InChI is InChI=1S/C14H14N2O/c1-2-10-11-5-3-4-6-14(11)17-8-13-12(10)7-15-9-16-13/h2-7,9,12-13H,8H2,1H3/b10-2-/t12-,13?/m0/s1. The van der Waals surface area contributed by atoms with E-state index in [9.17, 15) is 0 Å². The van der Waals surface area contributed by atoms with Crippen LogP contribution in [0.25, 0.3) is 5.57 Å². The summed E-state index contributed by atoms with van der Waals surface area (Å²) in [5, 5.41) is 0. The number of nitrogens with zero attached hydrogens (tertiary/aromatic N) is 2. The number of ether oxygens (including phenoxy) is 1. The topological polar surface area (TPSA) is 34.0 Å². The van der Waals surface area contributed by atoms with E-state index in [0.717, 1.165) is 11.3 Å². The van der Waals surface area contributed by atoms with Gasteiger partial charge >= 0.3 is 0 Å². The van der Waals surface area contributed by atoms with Crippen LogP contribution >= 0.6 is 0 Å². The zero-order chi connectivity index (χ0) is 11.7. The van der Waals surface area contributed by atoms with Crippen LogP contribution in [-0.2, 0) is 0 Å². The van der Waals surface area contributed by atoms with Crippen LogP contribution in [0.4, 0.5) is 0 Å². The normalized spacial score (nSPS) is 28.2. The van der Waals surface area contributed by atoms with Crippen LogP contribution in [0, 0.1) is 5.92 Å². The number of hydrogen-bond donors (Lipinski definition) is 0. The molecule has 0 fully saturated rings. The highest BCUT2D eigenvalue weighted by molar-refractivity contribution is 5.90. The molecule has 2 aliphatic rings. The van der Waals surface area contributed by atoms with Gasteiger partial charge in [-0.2, -0.15) is 0 Å². The van der Waals surface area contributed by atoms with Gasteiger partial charge in [0.1, 0.15) is 18.7 Å². The molecule has 2 atom stereocenters. The monoisotopic (exact) mass is 226 g/mol. The zero-order valence-electron chi connectivity index (χ0n) is 9.71. The molecule has 0 N–H and O–H groups in total. The summed E-state index contributed by atoms with van der Waals surface area (Å²) < 4.78 is 5.83. The largest absolute Gasteiger partial charge is 0.491 e. The van der Waals surface area contributed by atoms with Gasteiger partial charge < -0.3 is 4.74 Å². The Bertz CT molecular complexity index is 517. The van der Waals surface area contributed by atoms with Gasteiger partial charge in [0.2, 0.25) is 0 Å². The van der Waals surface area contributed by atoms with Gasteiger partial charge in [0.15, 0.2) is 0 Å². The predicted molar refractivity (Wildman–Crippen MR) is 69.9 cm³/mol. The van der Waals surface area contributed by atoms with E-state index in [1.165, 1.54) is 5.57 Å². The van der Waals surface area contributed by atoms with Crippen molar-refractivity contribution in [3.8, 4) is 5.75 Å². The molecule has 0 saturated carbocycles. The number of para-hydroxylation sites is 1. The molecule has 2 aliphatic heterocycles. The molecule has 0 radical (unpaired) electrons. The smallest absolute Gasteiger partial charge is 0.126 e. The maximum absolute atomic E-state index is 5.83. The summed E-state index contributed by atoms with van der Waals surface area (Å²) >= 11 is 0. The minimum absolute atomic E-state index is 0.145. The molecule has 17 heavy (non-hydrogen) atoms. The maximum atomic E-state index is 5.83. The maximum Gasteiger partial charge on any atom is 0.126 e. The number of rotatable bonds is 0. The Hall–Kier alpha value is -1.90. The van der Waals surface area contributed by atoms with Crippen LogP contribution in [0.5, 0.6) is 5.75 Å². The average Bonchev–Trinajstić information content (AvgIpc) is 2.55. The van der Waals surface area contributed by atoms with Gasteiger partial charge in [-0.05, 0) is 18.6 Å². The van der Waals surface area contributed by atoms with Crippen LogP contribution in [0.15, 0.2) is 40.3 Å². The summed E-state index contributed by atoms with van der Waals surface area (Å²) in [6, 6.07) is 8.29. The summed E-state index contributed by atoms with van der Waals surface area (Å²) in [5.74, 6) is 1.17. The molecule has 3 nitrogen and oxygen atoms in total. The van der Waals surface area contributed by atoms with E-state index in [1.807, 2.05) is 24.4 Å². The minimum atomic E-state index is 0.145. The lowest BCUT2D eigenvalue weighted by molar-refractivity contribution is 0.288. The van der Waals surface area contributed by atoms with E-state index in [2.05, 4.69) is 29.1 Å². The van der Waals surface area contributed by atoms with Crippen molar-refractivity contribution in [2.24, 2.45) is 15.9 Å². The predicted octanol–water partition coefficient (Wildman–Crippen LogP) is 2.58. The van der Waals surface area contributed by atoms with E-state index in [4.69, 9.17) is 4.74 Å². The summed E-state index contributed by atoms with van der Waals surface area (Å²) in [6.45, 7) is 2.67. The first-order valence-electron chi connectivity index (χ1n) is 5.83. The molecular formula is C14H14N2O. The molecule has 86 valence electrons. The average molecular weight is 226 g/mol. The van der Waals surface area contributed by atoms with E-state index in [1.54, 1.807) is 6.34 Å². The Morgan fingerprint density at radius 1 is 1.35 bits per heavy atom. The third kappa shape index (κ3) is 1.68. The third-order valence-electron chi connectivity index (χ3n) is 3.26. The number of allylic oxidation sites excluding steroid dienone is 1. The van der Waals surface area contributed by atoms with Crippen molar-refractivity contribution in [3.63, 3.8) is 0 Å². The lowest BCUT2D eigenvalue weighted by Gasteiger charge is -2.21. The zero-order valence-corrected chi connectivity index (χ0v) is 9.71. The highest BCUT2D eigenvalue weighted by atomic mass is 16.5. The van der Waals surface area contributed by atoms with Crippen molar-refractivity contribution in [3.05, 3.63) is 35.9 Å². The summed E-state index contributed by atoms with van der Waals surface area (Å²) in [7, 11) is 0. The van der Waals surface area contributed by atoms with Crippen molar-refractivity contribution in [2.45, 2.75) is 13.0 Å². The Morgan fingerprint density at radius 3 is 3.12 bits per heavy atom. The molecule has 0 aromatic heterocycles. The summed E-state index contributed by atoms with van der Waals surface area (Å²) in [4.78, 5) is 8.57. The molecule has 0 bridgehead atoms. The molecule has 3 rings (SSSR count). The van der Waals surface area contributed by atoms with Crippen molar-refractivity contribution in [2.75, 3.05) is 6.61 Å². The van der Waals surface area contributed by atoms with E-state index in [-0.39, 0.29) is 12.0 Å². The first-order chi connectivity index (χ1) is 8.40. The van der Waals surface area contributed by atoms with E-state index in [0.29, 0.717) is 6.61 Å². The molecule has 2 heterocycles. The van der Waals surface area contributed by atoms with Crippen molar-refractivity contribution in [1.82, 2.24) is 0 Å². The molecular weight excluding hydrogens is 212 g/mol. The van der Waals surface area contributed by atoms with Crippen molar-refractivity contribution >= 4 is 18.1 Å². The fraction of sp³-hybridized carbons (Fsp3) is 0.286. The molecule has 1 aromatic rings. The van der Waals surface area contributed by atoms with Crippen LogP contribution in [-0.4, -0.2) is 25.2 Å². The van der Waals surface area contributed by atoms with Gasteiger partial charge in [-0.15, -0.1) is 0 Å². The molecule has 0 amide bonds. The van der Waals surface area contributed by atoms with Gasteiger partial charge in [0, 0.05) is 17.7 Å². The molecule has 3 heteroatoms. The van der Waals surface area contributed by atoms with Gasteiger partial charge in [0.05, 0.1) is 6.04 Å². The minimum Gasteiger partial charge on any atom is -0.491 e. The molecule has 0 aliphatic carbocycles. The van der Waals surface area contributed by atoms with Gasteiger partial charge in [-0.25, -0.2) is 4.99 Å². The molecule has 0 saturated heterocycles. The molecule has 1 unspecified atom stereocenters. The SMILES string of the molecule is C/C=C1/c2ccccc2OCC2N=CN=C[C@@H]12. The van der Waals surface area contributed by atoms with Crippen LogP contribution in [0.3, 0.4) is 0 Å². The first kappa shape index (κ1) is 10.3. The van der Waals surface area contributed by atoms with Crippen molar-refractivity contribution in [1.29, 1.82) is 0 Å². The van der Waals surface area contributed by atoms with Crippen LogP contribution < -0.4 is 4.74 Å². The fourth-order valence-corrected chi connectivity index (χ4v) is 2.42. The highest BCUT2D eigenvalue weighted by Gasteiger charge is 2.30.